The first-order valence-electron chi connectivity index (χ1n) is 13.0. The van der Waals surface area contributed by atoms with Gasteiger partial charge in [-0.1, -0.05) is 86.5 Å². The Bertz CT molecular complexity index is 1280. The van der Waals surface area contributed by atoms with Crippen molar-refractivity contribution in [2.75, 3.05) is 17.4 Å². The molecule has 202 valence electrons. The van der Waals surface area contributed by atoms with Gasteiger partial charge in [0.1, 0.15) is 12.6 Å². The number of aryl methyl sites for hydroxylation is 1. The number of hydrogen-bond acceptors (Lipinski definition) is 4. The van der Waals surface area contributed by atoms with Gasteiger partial charge in [0.25, 0.3) is 10.0 Å². The van der Waals surface area contributed by atoms with E-state index < -0.39 is 28.5 Å². The van der Waals surface area contributed by atoms with Crippen molar-refractivity contribution in [3.05, 3.63) is 96.1 Å². The second kappa shape index (κ2) is 13.8. The fourth-order valence-electron chi connectivity index (χ4n) is 4.17. The Balaban J connectivity index is 1.99. The van der Waals surface area contributed by atoms with Crippen LogP contribution in [-0.4, -0.2) is 44.3 Å². The minimum absolute atomic E-state index is 0.0960. The molecule has 0 aliphatic rings. The summed E-state index contributed by atoms with van der Waals surface area (Å²) in [7, 11) is -4.06. The van der Waals surface area contributed by atoms with Crippen LogP contribution in [0.2, 0.25) is 0 Å². The maximum absolute atomic E-state index is 13.9. The fourth-order valence-corrected chi connectivity index (χ4v) is 5.58. The molecule has 3 aromatic rings. The Morgan fingerprint density at radius 3 is 2.05 bits per heavy atom. The van der Waals surface area contributed by atoms with Crippen molar-refractivity contribution < 1.29 is 18.0 Å². The van der Waals surface area contributed by atoms with E-state index in [0.717, 1.165) is 28.3 Å². The molecule has 0 aliphatic carbocycles. The van der Waals surface area contributed by atoms with E-state index in [2.05, 4.69) is 5.32 Å². The van der Waals surface area contributed by atoms with Crippen LogP contribution in [0, 0.1) is 6.92 Å². The maximum Gasteiger partial charge on any atom is 0.264 e. The highest BCUT2D eigenvalue weighted by Gasteiger charge is 2.33. The molecule has 0 aliphatic heterocycles. The molecule has 0 heterocycles. The van der Waals surface area contributed by atoms with Gasteiger partial charge < -0.3 is 10.2 Å². The van der Waals surface area contributed by atoms with E-state index in [4.69, 9.17) is 0 Å². The highest BCUT2D eigenvalue weighted by atomic mass is 32.2. The van der Waals surface area contributed by atoms with E-state index >= 15 is 0 Å². The van der Waals surface area contributed by atoms with Crippen LogP contribution in [0.3, 0.4) is 0 Å². The van der Waals surface area contributed by atoms with E-state index in [1.54, 1.807) is 54.6 Å². The summed E-state index contributed by atoms with van der Waals surface area (Å²) >= 11 is 0. The lowest BCUT2D eigenvalue weighted by Crippen LogP contribution is -2.52. The van der Waals surface area contributed by atoms with Crippen molar-refractivity contribution in [2.45, 2.75) is 57.5 Å². The van der Waals surface area contributed by atoms with Gasteiger partial charge in [0.2, 0.25) is 11.8 Å². The topological polar surface area (TPSA) is 86.8 Å². The summed E-state index contributed by atoms with van der Waals surface area (Å²) in [5.41, 5.74) is 2.16. The van der Waals surface area contributed by atoms with Gasteiger partial charge >= 0.3 is 0 Å². The summed E-state index contributed by atoms with van der Waals surface area (Å²) < 4.78 is 28.7. The molecular formula is C30H37N3O4S. The number of hydrogen-bond donors (Lipinski definition) is 1. The number of nitrogens with zero attached hydrogens (tertiary/aromatic N) is 2. The number of carbonyl (C=O) groups excluding carboxylic acids is 2. The number of carbonyl (C=O) groups is 2. The average molecular weight is 536 g/mol. The van der Waals surface area contributed by atoms with Gasteiger partial charge in [0.15, 0.2) is 0 Å². The number of amides is 2. The summed E-state index contributed by atoms with van der Waals surface area (Å²) in [5.74, 6) is -0.691. The molecule has 38 heavy (non-hydrogen) atoms. The number of rotatable bonds is 13. The lowest BCUT2D eigenvalue weighted by Gasteiger charge is -2.33. The first-order chi connectivity index (χ1) is 18.3. The minimum Gasteiger partial charge on any atom is -0.354 e. The molecule has 0 fully saturated rings. The zero-order valence-electron chi connectivity index (χ0n) is 22.3. The van der Waals surface area contributed by atoms with Crippen LogP contribution in [0.1, 0.15) is 44.2 Å². The van der Waals surface area contributed by atoms with Crippen LogP contribution in [0.15, 0.2) is 89.8 Å². The normalized spacial score (nSPS) is 12.0. The number of unbranched alkanes of at least 4 members (excludes halogenated alkanes) is 1. The van der Waals surface area contributed by atoms with Crippen molar-refractivity contribution in [2.24, 2.45) is 0 Å². The third kappa shape index (κ3) is 7.44. The van der Waals surface area contributed by atoms with Crippen LogP contribution >= 0.6 is 0 Å². The van der Waals surface area contributed by atoms with E-state index in [0.29, 0.717) is 18.7 Å². The number of anilines is 1. The summed E-state index contributed by atoms with van der Waals surface area (Å²) in [6.07, 6.45) is 2.17. The number of para-hydroxylation sites is 1. The summed E-state index contributed by atoms with van der Waals surface area (Å²) in [5, 5.41) is 2.94. The zero-order chi connectivity index (χ0) is 27.5. The Morgan fingerprint density at radius 1 is 0.868 bits per heavy atom. The zero-order valence-corrected chi connectivity index (χ0v) is 23.2. The molecule has 0 radical (unpaired) electrons. The molecule has 3 aromatic carbocycles. The third-order valence-corrected chi connectivity index (χ3v) is 8.13. The van der Waals surface area contributed by atoms with Gasteiger partial charge in [-0.2, -0.15) is 0 Å². The van der Waals surface area contributed by atoms with Crippen molar-refractivity contribution in [3.8, 4) is 0 Å². The van der Waals surface area contributed by atoms with Gasteiger partial charge in [0.05, 0.1) is 10.6 Å². The second-order valence-electron chi connectivity index (χ2n) is 9.24. The SMILES string of the molecule is CCCCNC(=O)[C@@H](CC)N(Cc1ccccc1)C(=O)CN(c1ccccc1)S(=O)(=O)c1ccc(C)cc1. The quantitative estimate of drug-likeness (QED) is 0.315. The molecule has 0 spiro atoms. The molecule has 0 unspecified atom stereocenters. The molecule has 0 saturated carbocycles. The van der Waals surface area contributed by atoms with E-state index in [1.165, 1.54) is 4.90 Å². The summed E-state index contributed by atoms with van der Waals surface area (Å²) in [6, 6.07) is 23.8. The van der Waals surface area contributed by atoms with Gasteiger partial charge in [-0.15, -0.1) is 0 Å². The van der Waals surface area contributed by atoms with Crippen LogP contribution < -0.4 is 9.62 Å². The standard InChI is InChI=1S/C30H37N3O4S/c1-4-6-21-31-30(35)28(5-2)32(22-25-13-9-7-10-14-25)29(34)23-33(26-15-11-8-12-16-26)38(36,37)27-19-17-24(3)18-20-27/h7-20,28H,4-6,21-23H2,1-3H3,(H,31,35)/t28-/m1/s1. The second-order valence-corrected chi connectivity index (χ2v) is 11.1. The van der Waals surface area contributed by atoms with Gasteiger partial charge in [0, 0.05) is 13.1 Å². The Labute approximate surface area is 226 Å². The largest absolute Gasteiger partial charge is 0.354 e. The lowest BCUT2D eigenvalue weighted by atomic mass is 10.1. The van der Waals surface area contributed by atoms with Crippen molar-refractivity contribution in [1.29, 1.82) is 0 Å². The van der Waals surface area contributed by atoms with Crippen LogP contribution in [-0.2, 0) is 26.2 Å². The minimum atomic E-state index is -4.06. The van der Waals surface area contributed by atoms with Gasteiger partial charge in [-0.3, -0.25) is 13.9 Å². The number of nitrogens with one attached hydrogen (secondary N) is 1. The Hall–Kier alpha value is -3.65. The number of benzene rings is 3. The van der Waals surface area contributed by atoms with Gasteiger partial charge in [-0.05, 0) is 49.6 Å². The molecular weight excluding hydrogens is 498 g/mol. The molecule has 0 saturated heterocycles. The Kier molecular flexibility index (Phi) is 10.5. The Morgan fingerprint density at radius 2 is 1.47 bits per heavy atom. The molecule has 1 N–H and O–H groups in total. The lowest BCUT2D eigenvalue weighted by molar-refractivity contribution is -0.140. The van der Waals surface area contributed by atoms with Gasteiger partial charge in [-0.25, -0.2) is 8.42 Å². The third-order valence-electron chi connectivity index (χ3n) is 6.34. The molecule has 7 nitrogen and oxygen atoms in total. The monoisotopic (exact) mass is 535 g/mol. The van der Waals surface area contributed by atoms with Crippen molar-refractivity contribution in [1.82, 2.24) is 10.2 Å². The first-order valence-corrected chi connectivity index (χ1v) is 14.5. The van der Waals surface area contributed by atoms with E-state index in [9.17, 15) is 18.0 Å². The molecule has 0 bridgehead atoms. The molecule has 0 aromatic heterocycles. The molecule has 2 amide bonds. The number of sulfonamides is 1. The average Bonchev–Trinajstić information content (AvgIpc) is 2.93. The maximum atomic E-state index is 13.9. The van der Waals surface area contributed by atoms with E-state index in [-0.39, 0.29) is 17.3 Å². The van der Waals surface area contributed by atoms with Crippen molar-refractivity contribution in [3.63, 3.8) is 0 Å². The first kappa shape index (κ1) is 28.9. The smallest absolute Gasteiger partial charge is 0.264 e. The highest BCUT2D eigenvalue weighted by molar-refractivity contribution is 7.92. The van der Waals surface area contributed by atoms with Crippen molar-refractivity contribution >= 4 is 27.5 Å². The predicted molar refractivity (Wildman–Crippen MR) is 151 cm³/mol. The highest BCUT2D eigenvalue weighted by Crippen LogP contribution is 2.25. The molecule has 8 heteroatoms. The fraction of sp³-hybridized carbons (Fsp3) is 0.333. The van der Waals surface area contributed by atoms with Crippen LogP contribution in [0.4, 0.5) is 5.69 Å². The summed E-state index contributed by atoms with van der Waals surface area (Å²) in [4.78, 5) is 28.7. The molecule has 1 atom stereocenters. The summed E-state index contributed by atoms with van der Waals surface area (Å²) in [6.45, 7) is 6.05. The van der Waals surface area contributed by atoms with Crippen LogP contribution in [0.5, 0.6) is 0 Å². The molecule has 3 rings (SSSR count). The predicted octanol–water partition coefficient (Wildman–Crippen LogP) is 4.91. The van der Waals surface area contributed by atoms with E-state index in [1.807, 2.05) is 51.1 Å². The van der Waals surface area contributed by atoms with Crippen LogP contribution in [0.25, 0.3) is 0 Å².